The van der Waals surface area contributed by atoms with Crippen LogP contribution in [0.25, 0.3) is 10.2 Å². The predicted molar refractivity (Wildman–Crippen MR) is 75.2 cm³/mol. The van der Waals surface area contributed by atoms with E-state index in [-0.39, 0.29) is 0 Å². The average Bonchev–Trinajstić information content (AvgIpc) is 2.93. The molecule has 1 aliphatic rings. The van der Waals surface area contributed by atoms with E-state index in [1.165, 1.54) is 30.4 Å². The second-order valence-electron chi connectivity index (χ2n) is 4.66. The highest BCUT2D eigenvalue weighted by molar-refractivity contribution is 7.22. The lowest BCUT2D eigenvalue weighted by atomic mass is 10.2. The normalized spacial score (nSPS) is 16.8. The lowest BCUT2D eigenvalue weighted by Gasteiger charge is -2.09. The quantitative estimate of drug-likeness (QED) is 0.858. The summed E-state index contributed by atoms with van der Waals surface area (Å²) in [5.74, 6) is 0. The van der Waals surface area contributed by atoms with E-state index >= 15 is 0 Å². The molecule has 0 bridgehead atoms. The molecular weight excluding hydrogens is 252 g/mol. The van der Waals surface area contributed by atoms with Gasteiger partial charge in [0.05, 0.1) is 10.2 Å². The highest BCUT2D eigenvalue weighted by Gasteiger charge is 2.16. The van der Waals surface area contributed by atoms with Crippen molar-refractivity contribution in [2.75, 3.05) is 5.32 Å². The Balaban J connectivity index is 1.93. The minimum Gasteiger partial charge on any atom is -0.359 e. The summed E-state index contributed by atoms with van der Waals surface area (Å²) in [5, 5.41) is 5.38. The fourth-order valence-corrected chi connectivity index (χ4v) is 3.56. The number of aromatic nitrogens is 1. The zero-order chi connectivity index (χ0) is 11.8. The molecule has 4 heteroatoms. The fraction of sp³-hybridized carbons (Fsp3) is 0.462. The Labute approximate surface area is 110 Å². The van der Waals surface area contributed by atoms with Crippen LogP contribution in [0.2, 0.25) is 5.02 Å². The van der Waals surface area contributed by atoms with Gasteiger partial charge in [-0.15, -0.1) is 0 Å². The van der Waals surface area contributed by atoms with Gasteiger partial charge in [-0.25, -0.2) is 4.98 Å². The molecule has 17 heavy (non-hydrogen) atoms. The third kappa shape index (κ3) is 2.14. The molecule has 0 aliphatic heterocycles. The Hall–Kier alpha value is -0.800. The smallest absolute Gasteiger partial charge is 0.184 e. The summed E-state index contributed by atoms with van der Waals surface area (Å²) >= 11 is 7.84. The van der Waals surface area contributed by atoms with Crippen molar-refractivity contribution in [3.8, 4) is 0 Å². The first-order chi connectivity index (χ1) is 8.24. The molecule has 1 aromatic carbocycles. The van der Waals surface area contributed by atoms with Crippen molar-refractivity contribution < 1.29 is 0 Å². The predicted octanol–water partition coefficient (Wildman–Crippen LogP) is 4.61. The standard InChI is InChI=1S/C13H15ClN2S/c1-8-10(14)6-7-11-12(8)16-13(17-11)15-9-4-2-3-5-9/h6-7,9H,2-5H2,1H3,(H,15,16). The van der Waals surface area contributed by atoms with Crippen molar-refractivity contribution in [2.24, 2.45) is 0 Å². The second-order valence-corrected chi connectivity index (χ2v) is 6.10. The van der Waals surface area contributed by atoms with Gasteiger partial charge in [0.1, 0.15) is 0 Å². The van der Waals surface area contributed by atoms with Crippen LogP contribution >= 0.6 is 22.9 Å². The van der Waals surface area contributed by atoms with Crippen LogP contribution in [-0.2, 0) is 0 Å². The van der Waals surface area contributed by atoms with Crippen molar-refractivity contribution in [1.82, 2.24) is 4.98 Å². The lowest BCUT2D eigenvalue weighted by Crippen LogP contribution is -2.13. The number of nitrogens with one attached hydrogen (secondary N) is 1. The van der Waals surface area contributed by atoms with Gasteiger partial charge in [0, 0.05) is 11.1 Å². The minimum absolute atomic E-state index is 0.617. The Morgan fingerprint density at radius 2 is 2.12 bits per heavy atom. The number of hydrogen-bond acceptors (Lipinski definition) is 3. The Kier molecular flexibility index (Phi) is 2.97. The summed E-state index contributed by atoms with van der Waals surface area (Å²) in [6.45, 7) is 2.03. The molecule has 1 N–H and O–H groups in total. The van der Waals surface area contributed by atoms with Gasteiger partial charge in [-0.05, 0) is 37.5 Å². The van der Waals surface area contributed by atoms with Crippen LogP contribution in [0.1, 0.15) is 31.2 Å². The Bertz CT molecular complexity index is 544. The molecule has 0 spiro atoms. The number of hydrogen-bond donors (Lipinski definition) is 1. The number of halogens is 1. The van der Waals surface area contributed by atoms with Crippen LogP contribution in [0, 0.1) is 6.92 Å². The topological polar surface area (TPSA) is 24.9 Å². The summed E-state index contributed by atoms with van der Waals surface area (Å²) in [4.78, 5) is 4.66. The van der Waals surface area contributed by atoms with Gasteiger partial charge in [-0.1, -0.05) is 35.8 Å². The van der Waals surface area contributed by atoms with Crippen LogP contribution in [0.15, 0.2) is 12.1 Å². The van der Waals surface area contributed by atoms with E-state index in [1.54, 1.807) is 11.3 Å². The van der Waals surface area contributed by atoms with E-state index < -0.39 is 0 Å². The third-order valence-corrected chi connectivity index (χ3v) is 4.79. The molecule has 90 valence electrons. The highest BCUT2D eigenvalue weighted by Crippen LogP contribution is 2.33. The molecule has 2 nitrogen and oxygen atoms in total. The first-order valence-corrected chi connectivity index (χ1v) is 7.25. The van der Waals surface area contributed by atoms with Crippen molar-refractivity contribution in [3.63, 3.8) is 0 Å². The third-order valence-electron chi connectivity index (χ3n) is 3.43. The maximum atomic E-state index is 6.11. The molecule has 0 atom stereocenters. The first kappa shape index (κ1) is 11.3. The molecule has 0 amide bonds. The molecule has 1 aliphatic carbocycles. The number of benzene rings is 1. The van der Waals surface area contributed by atoms with Gasteiger partial charge in [0.15, 0.2) is 5.13 Å². The largest absolute Gasteiger partial charge is 0.359 e. The lowest BCUT2D eigenvalue weighted by molar-refractivity contribution is 0.754. The van der Waals surface area contributed by atoms with Crippen molar-refractivity contribution in [2.45, 2.75) is 38.6 Å². The van der Waals surface area contributed by atoms with Crippen molar-refractivity contribution in [3.05, 3.63) is 22.7 Å². The van der Waals surface area contributed by atoms with E-state index in [9.17, 15) is 0 Å². The minimum atomic E-state index is 0.617. The van der Waals surface area contributed by atoms with Gasteiger partial charge < -0.3 is 5.32 Å². The Morgan fingerprint density at radius 3 is 2.88 bits per heavy atom. The van der Waals surface area contributed by atoms with E-state index in [0.717, 1.165) is 21.2 Å². The summed E-state index contributed by atoms with van der Waals surface area (Å²) in [7, 11) is 0. The first-order valence-electron chi connectivity index (χ1n) is 6.06. The van der Waals surface area contributed by atoms with E-state index in [1.807, 2.05) is 13.0 Å². The van der Waals surface area contributed by atoms with Gasteiger partial charge >= 0.3 is 0 Å². The Morgan fingerprint density at radius 1 is 1.35 bits per heavy atom. The van der Waals surface area contributed by atoms with Gasteiger partial charge in [0.2, 0.25) is 0 Å². The molecule has 1 aromatic heterocycles. The van der Waals surface area contributed by atoms with Crippen LogP contribution in [0.5, 0.6) is 0 Å². The van der Waals surface area contributed by atoms with Gasteiger partial charge in [-0.2, -0.15) is 0 Å². The number of anilines is 1. The molecule has 2 aromatic rings. The summed E-state index contributed by atoms with van der Waals surface area (Å²) in [5.41, 5.74) is 2.13. The van der Waals surface area contributed by atoms with Crippen LogP contribution in [0.4, 0.5) is 5.13 Å². The summed E-state index contributed by atoms with van der Waals surface area (Å²) in [6, 6.07) is 4.63. The molecule has 1 fully saturated rings. The average molecular weight is 267 g/mol. The highest BCUT2D eigenvalue weighted by atomic mass is 35.5. The number of aryl methyl sites for hydroxylation is 1. The van der Waals surface area contributed by atoms with Crippen LogP contribution in [-0.4, -0.2) is 11.0 Å². The van der Waals surface area contributed by atoms with Gasteiger partial charge in [0.25, 0.3) is 0 Å². The maximum Gasteiger partial charge on any atom is 0.184 e. The maximum absolute atomic E-state index is 6.11. The monoisotopic (exact) mass is 266 g/mol. The zero-order valence-electron chi connectivity index (χ0n) is 9.79. The molecule has 3 rings (SSSR count). The number of thiazole rings is 1. The van der Waals surface area contributed by atoms with E-state index in [2.05, 4.69) is 16.4 Å². The number of fused-ring (bicyclic) bond motifs is 1. The number of rotatable bonds is 2. The summed E-state index contributed by atoms with van der Waals surface area (Å²) in [6.07, 6.45) is 5.23. The molecule has 0 unspecified atom stereocenters. The van der Waals surface area contributed by atoms with Gasteiger partial charge in [-0.3, -0.25) is 0 Å². The molecular formula is C13H15ClN2S. The van der Waals surface area contributed by atoms with Crippen molar-refractivity contribution >= 4 is 38.3 Å². The number of nitrogens with zero attached hydrogens (tertiary/aromatic N) is 1. The van der Waals surface area contributed by atoms with Crippen LogP contribution in [0.3, 0.4) is 0 Å². The molecule has 1 saturated carbocycles. The van der Waals surface area contributed by atoms with E-state index in [0.29, 0.717) is 6.04 Å². The fourth-order valence-electron chi connectivity index (χ4n) is 2.41. The molecule has 0 saturated heterocycles. The molecule has 1 heterocycles. The van der Waals surface area contributed by atoms with Crippen LogP contribution < -0.4 is 5.32 Å². The SMILES string of the molecule is Cc1c(Cl)ccc2sc(NC3CCCC3)nc12. The van der Waals surface area contributed by atoms with E-state index in [4.69, 9.17) is 11.6 Å². The van der Waals surface area contributed by atoms with Crippen molar-refractivity contribution in [1.29, 1.82) is 0 Å². The summed E-state index contributed by atoms with van der Waals surface area (Å²) < 4.78 is 1.22. The second kappa shape index (κ2) is 4.46. The zero-order valence-corrected chi connectivity index (χ0v) is 11.4. The molecule has 0 radical (unpaired) electrons.